The SMILES string of the molecule is CCC1CCNC1c1ccc(C2CC2)cc1. The third kappa shape index (κ3) is 1.89. The molecule has 16 heavy (non-hydrogen) atoms. The monoisotopic (exact) mass is 215 g/mol. The molecule has 1 heteroatoms. The number of hydrogen-bond donors (Lipinski definition) is 1. The molecule has 1 nitrogen and oxygen atoms in total. The summed E-state index contributed by atoms with van der Waals surface area (Å²) in [5.41, 5.74) is 3.04. The van der Waals surface area contributed by atoms with Crippen LogP contribution in [0.5, 0.6) is 0 Å². The van der Waals surface area contributed by atoms with Crippen molar-refractivity contribution in [2.75, 3.05) is 6.54 Å². The average molecular weight is 215 g/mol. The van der Waals surface area contributed by atoms with E-state index in [1.54, 1.807) is 5.56 Å². The van der Waals surface area contributed by atoms with E-state index < -0.39 is 0 Å². The first-order valence-electron chi connectivity index (χ1n) is 6.71. The Kier molecular flexibility index (Phi) is 2.72. The first-order chi connectivity index (χ1) is 7.88. The minimum absolute atomic E-state index is 0.609. The number of benzene rings is 1. The third-order valence-corrected chi connectivity index (χ3v) is 4.22. The molecule has 0 radical (unpaired) electrons. The summed E-state index contributed by atoms with van der Waals surface area (Å²) in [7, 11) is 0. The Labute approximate surface area is 98.3 Å². The lowest BCUT2D eigenvalue weighted by atomic mass is 9.91. The van der Waals surface area contributed by atoms with E-state index in [-0.39, 0.29) is 0 Å². The van der Waals surface area contributed by atoms with Gasteiger partial charge in [0, 0.05) is 6.04 Å². The highest BCUT2D eigenvalue weighted by molar-refractivity contribution is 5.30. The predicted octanol–water partition coefficient (Wildman–Crippen LogP) is 3.62. The smallest absolute Gasteiger partial charge is 0.0349 e. The number of hydrogen-bond acceptors (Lipinski definition) is 1. The third-order valence-electron chi connectivity index (χ3n) is 4.22. The molecule has 1 aromatic carbocycles. The Morgan fingerprint density at radius 2 is 1.75 bits per heavy atom. The van der Waals surface area contributed by atoms with Crippen LogP contribution in [0.15, 0.2) is 24.3 Å². The molecule has 0 bridgehead atoms. The molecular weight excluding hydrogens is 194 g/mol. The molecule has 1 aromatic rings. The summed E-state index contributed by atoms with van der Waals surface area (Å²) in [6.45, 7) is 3.50. The zero-order valence-corrected chi connectivity index (χ0v) is 10.1. The topological polar surface area (TPSA) is 12.0 Å². The Morgan fingerprint density at radius 1 is 1.06 bits per heavy atom. The molecule has 0 spiro atoms. The van der Waals surface area contributed by atoms with Crippen molar-refractivity contribution in [2.45, 2.75) is 44.6 Å². The maximum absolute atomic E-state index is 3.64. The Hall–Kier alpha value is -0.820. The van der Waals surface area contributed by atoms with Crippen LogP contribution in [0.25, 0.3) is 0 Å². The summed E-state index contributed by atoms with van der Waals surface area (Å²) < 4.78 is 0. The van der Waals surface area contributed by atoms with Crippen molar-refractivity contribution in [3.05, 3.63) is 35.4 Å². The van der Waals surface area contributed by atoms with Crippen molar-refractivity contribution in [3.8, 4) is 0 Å². The van der Waals surface area contributed by atoms with Gasteiger partial charge >= 0.3 is 0 Å². The van der Waals surface area contributed by atoms with Gasteiger partial charge in [0.25, 0.3) is 0 Å². The zero-order valence-electron chi connectivity index (χ0n) is 10.1. The van der Waals surface area contributed by atoms with Gasteiger partial charge in [-0.1, -0.05) is 37.6 Å². The van der Waals surface area contributed by atoms with E-state index in [2.05, 4.69) is 36.5 Å². The van der Waals surface area contributed by atoms with Crippen LogP contribution in [-0.4, -0.2) is 6.54 Å². The molecule has 1 saturated heterocycles. The number of nitrogens with one attached hydrogen (secondary N) is 1. The molecule has 1 heterocycles. The fourth-order valence-corrected chi connectivity index (χ4v) is 2.98. The lowest BCUT2D eigenvalue weighted by Crippen LogP contribution is -2.17. The largest absolute Gasteiger partial charge is 0.310 e. The second-order valence-corrected chi connectivity index (χ2v) is 5.33. The minimum Gasteiger partial charge on any atom is -0.310 e. The first kappa shape index (κ1) is 10.3. The molecule has 2 aliphatic rings. The quantitative estimate of drug-likeness (QED) is 0.812. The van der Waals surface area contributed by atoms with E-state index in [9.17, 15) is 0 Å². The van der Waals surface area contributed by atoms with Crippen molar-refractivity contribution in [2.24, 2.45) is 5.92 Å². The molecule has 0 amide bonds. The van der Waals surface area contributed by atoms with Crippen molar-refractivity contribution in [1.82, 2.24) is 5.32 Å². The van der Waals surface area contributed by atoms with Gasteiger partial charge in [-0.15, -0.1) is 0 Å². The van der Waals surface area contributed by atoms with Crippen molar-refractivity contribution >= 4 is 0 Å². The second-order valence-electron chi connectivity index (χ2n) is 5.33. The summed E-state index contributed by atoms with van der Waals surface area (Å²) in [4.78, 5) is 0. The van der Waals surface area contributed by atoms with E-state index >= 15 is 0 Å². The Bertz CT molecular complexity index is 350. The van der Waals surface area contributed by atoms with Crippen LogP contribution in [0.4, 0.5) is 0 Å². The molecule has 2 atom stereocenters. The Morgan fingerprint density at radius 3 is 2.38 bits per heavy atom. The van der Waals surface area contributed by atoms with Crippen LogP contribution >= 0.6 is 0 Å². The molecule has 0 aromatic heterocycles. The van der Waals surface area contributed by atoms with Crippen LogP contribution in [-0.2, 0) is 0 Å². The van der Waals surface area contributed by atoms with E-state index in [0.29, 0.717) is 6.04 Å². The lowest BCUT2D eigenvalue weighted by molar-refractivity contribution is 0.449. The van der Waals surface area contributed by atoms with Gasteiger partial charge < -0.3 is 5.32 Å². The molecular formula is C15H21N. The van der Waals surface area contributed by atoms with Crippen molar-refractivity contribution in [3.63, 3.8) is 0 Å². The average Bonchev–Trinajstić information content (AvgIpc) is 3.07. The summed E-state index contributed by atoms with van der Waals surface area (Å²) in [6.07, 6.45) is 5.44. The summed E-state index contributed by atoms with van der Waals surface area (Å²) in [5, 5.41) is 3.64. The molecule has 2 fully saturated rings. The van der Waals surface area contributed by atoms with Crippen LogP contribution in [0.3, 0.4) is 0 Å². The van der Waals surface area contributed by atoms with Crippen LogP contribution in [0.1, 0.15) is 55.7 Å². The highest BCUT2D eigenvalue weighted by atomic mass is 14.9. The normalized spacial score (nSPS) is 29.6. The number of rotatable bonds is 3. The second kappa shape index (κ2) is 4.21. The fourth-order valence-electron chi connectivity index (χ4n) is 2.98. The van der Waals surface area contributed by atoms with E-state index in [1.807, 2.05) is 0 Å². The molecule has 2 unspecified atom stereocenters. The van der Waals surface area contributed by atoms with Gasteiger partial charge in [0.1, 0.15) is 0 Å². The Balaban J connectivity index is 1.77. The fraction of sp³-hybridized carbons (Fsp3) is 0.600. The van der Waals surface area contributed by atoms with Gasteiger partial charge in [-0.05, 0) is 48.8 Å². The maximum Gasteiger partial charge on any atom is 0.0349 e. The van der Waals surface area contributed by atoms with Crippen molar-refractivity contribution < 1.29 is 0 Å². The van der Waals surface area contributed by atoms with Gasteiger partial charge in [-0.2, -0.15) is 0 Å². The van der Waals surface area contributed by atoms with E-state index in [0.717, 1.165) is 11.8 Å². The molecule has 86 valence electrons. The van der Waals surface area contributed by atoms with Crippen LogP contribution in [0, 0.1) is 5.92 Å². The summed E-state index contributed by atoms with van der Waals surface area (Å²) >= 11 is 0. The highest BCUT2D eigenvalue weighted by Gasteiger charge is 2.27. The lowest BCUT2D eigenvalue weighted by Gasteiger charge is -2.18. The minimum atomic E-state index is 0.609. The van der Waals surface area contributed by atoms with Gasteiger partial charge in [0.05, 0.1) is 0 Å². The molecule has 1 aliphatic carbocycles. The predicted molar refractivity (Wildman–Crippen MR) is 67.6 cm³/mol. The molecule has 3 rings (SSSR count). The van der Waals surface area contributed by atoms with Crippen LogP contribution < -0.4 is 5.32 Å². The first-order valence-corrected chi connectivity index (χ1v) is 6.71. The zero-order chi connectivity index (χ0) is 11.0. The molecule has 1 saturated carbocycles. The van der Waals surface area contributed by atoms with Gasteiger partial charge in [-0.25, -0.2) is 0 Å². The van der Waals surface area contributed by atoms with Crippen LogP contribution in [0.2, 0.25) is 0 Å². The maximum atomic E-state index is 3.64. The van der Waals surface area contributed by atoms with E-state index in [4.69, 9.17) is 0 Å². The standard InChI is InChI=1S/C15H21N/c1-2-11-9-10-16-15(11)14-7-5-13(6-8-14)12-3-4-12/h5-8,11-12,15-16H,2-4,9-10H2,1H3. The van der Waals surface area contributed by atoms with E-state index in [1.165, 1.54) is 37.8 Å². The van der Waals surface area contributed by atoms with Gasteiger partial charge in [0.15, 0.2) is 0 Å². The summed E-state index contributed by atoms with van der Waals surface area (Å²) in [6, 6.07) is 10.00. The molecule has 1 N–H and O–H groups in total. The highest BCUT2D eigenvalue weighted by Crippen LogP contribution is 2.40. The molecule has 1 aliphatic heterocycles. The summed E-state index contributed by atoms with van der Waals surface area (Å²) in [5.74, 6) is 1.72. The van der Waals surface area contributed by atoms with Crippen molar-refractivity contribution in [1.29, 1.82) is 0 Å². The van der Waals surface area contributed by atoms with Gasteiger partial charge in [-0.3, -0.25) is 0 Å². The van der Waals surface area contributed by atoms with Gasteiger partial charge in [0.2, 0.25) is 0 Å².